The normalized spacial score (nSPS) is 12.5. The Bertz CT molecular complexity index is 274. The number of aliphatic hydroxyl groups excluding tert-OH is 1. The van der Waals surface area contributed by atoms with Crippen molar-refractivity contribution in [2.75, 3.05) is 18.5 Å². The summed E-state index contributed by atoms with van der Waals surface area (Å²) in [6.45, 7) is 5.11. The zero-order chi connectivity index (χ0) is 11.1. The lowest BCUT2D eigenvalue weighted by Gasteiger charge is -2.08. The van der Waals surface area contributed by atoms with Crippen LogP contribution in [0.4, 0.5) is 5.82 Å². The van der Waals surface area contributed by atoms with Crippen LogP contribution in [-0.4, -0.2) is 28.5 Å². The smallest absolute Gasteiger partial charge is 0.148 e. The Morgan fingerprint density at radius 3 is 2.80 bits per heavy atom. The lowest BCUT2D eigenvalue weighted by atomic mass is 10.1. The van der Waals surface area contributed by atoms with E-state index in [-0.39, 0.29) is 6.61 Å². The molecule has 0 aliphatic heterocycles. The molecule has 1 aromatic heterocycles. The predicted octanol–water partition coefficient (Wildman–Crippen LogP) is 1.61. The minimum absolute atomic E-state index is 0.268. The first kappa shape index (κ1) is 11.9. The molecule has 1 atom stereocenters. The number of hydrogen-bond acceptors (Lipinski definition) is 4. The van der Waals surface area contributed by atoms with Gasteiger partial charge in [-0.25, -0.2) is 0 Å². The Morgan fingerprint density at radius 1 is 1.40 bits per heavy atom. The van der Waals surface area contributed by atoms with E-state index in [2.05, 4.69) is 15.5 Å². The van der Waals surface area contributed by atoms with Gasteiger partial charge >= 0.3 is 0 Å². The molecule has 1 heterocycles. The largest absolute Gasteiger partial charge is 0.396 e. The molecule has 0 aliphatic carbocycles. The van der Waals surface area contributed by atoms with Crippen LogP contribution >= 0.6 is 0 Å². The van der Waals surface area contributed by atoms with Crippen molar-refractivity contribution < 1.29 is 5.11 Å². The summed E-state index contributed by atoms with van der Waals surface area (Å²) >= 11 is 0. The molecule has 0 aliphatic rings. The van der Waals surface area contributed by atoms with Crippen molar-refractivity contribution in [1.82, 2.24) is 10.2 Å². The fourth-order valence-corrected chi connectivity index (χ4v) is 1.25. The molecule has 4 nitrogen and oxygen atoms in total. The van der Waals surface area contributed by atoms with Crippen LogP contribution in [-0.2, 0) is 0 Å². The lowest BCUT2D eigenvalue weighted by Crippen LogP contribution is -2.07. The summed E-state index contributed by atoms with van der Waals surface area (Å²) in [6.07, 6.45) is 2.07. The van der Waals surface area contributed by atoms with Crippen LogP contribution in [0.2, 0.25) is 0 Å². The number of aromatic nitrogens is 2. The average Bonchev–Trinajstić information content (AvgIpc) is 2.26. The van der Waals surface area contributed by atoms with E-state index in [4.69, 9.17) is 5.11 Å². The summed E-state index contributed by atoms with van der Waals surface area (Å²) in [6, 6.07) is 3.86. The van der Waals surface area contributed by atoms with Gasteiger partial charge < -0.3 is 10.4 Å². The van der Waals surface area contributed by atoms with Crippen LogP contribution in [0.3, 0.4) is 0 Å². The van der Waals surface area contributed by atoms with Gasteiger partial charge in [-0.1, -0.05) is 6.92 Å². The molecule has 4 heteroatoms. The minimum atomic E-state index is 0.268. The number of nitrogens with zero attached hydrogens (tertiary/aromatic N) is 2. The lowest BCUT2D eigenvalue weighted by molar-refractivity contribution is 0.229. The maximum Gasteiger partial charge on any atom is 0.148 e. The maximum absolute atomic E-state index is 8.84. The highest BCUT2D eigenvalue weighted by atomic mass is 16.3. The molecule has 0 amide bonds. The Balaban J connectivity index is 2.17. The van der Waals surface area contributed by atoms with Gasteiger partial charge in [-0.15, -0.1) is 5.10 Å². The summed E-state index contributed by atoms with van der Waals surface area (Å²) in [5.41, 5.74) is 0.925. The van der Waals surface area contributed by atoms with Crippen molar-refractivity contribution in [1.29, 1.82) is 0 Å². The van der Waals surface area contributed by atoms with Crippen LogP contribution in [0.1, 0.15) is 25.5 Å². The zero-order valence-electron chi connectivity index (χ0n) is 9.40. The highest BCUT2D eigenvalue weighted by Crippen LogP contribution is 2.05. The average molecular weight is 209 g/mol. The van der Waals surface area contributed by atoms with E-state index in [9.17, 15) is 0 Å². The van der Waals surface area contributed by atoms with E-state index in [1.54, 1.807) is 0 Å². The number of anilines is 1. The summed E-state index contributed by atoms with van der Waals surface area (Å²) in [4.78, 5) is 0. The number of nitrogens with one attached hydrogen (secondary N) is 1. The first-order valence-electron chi connectivity index (χ1n) is 5.37. The van der Waals surface area contributed by atoms with Gasteiger partial charge in [0.15, 0.2) is 0 Å². The van der Waals surface area contributed by atoms with Crippen LogP contribution < -0.4 is 5.32 Å². The van der Waals surface area contributed by atoms with Crippen LogP contribution in [0.15, 0.2) is 12.1 Å². The number of aliphatic hydroxyl groups is 1. The molecule has 1 rings (SSSR count). The Morgan fingerprint density at radius 2 is 2.20 bits per heavy atom. The van der Waals surface area contributed by atoms with Crippen molar-refractivity contribution in [3.05, 3.63) is 17.8 Å². The molecule has 0 spiro atoms. The molecular formula is C11H19N3O. The number of hydrogen-bond donors (Lipinski definition) is 2. The molecule has 15 heavy (non-hydrogen) atoms. The molecule has 2 N–H and O–H groups in total. The molecule has 0 radical (unpaired) electrons. The number of rotatable bonds is 6. The Labute approximate surface area is 90.7 Å². The van der Waals surface area contributed by atoms with Crippen molar-refractivity contribution in [3.8, 4) is 0 Å². The first-order valence-corrected chi connectivity index (χ1v) is 5.37. The molecule has 1 unspecified atom stereocenters. The zero-order valence-corrected chi connectivity index (χ0v) is 9.40. The van der Waals surface area contributed by atoms with Crippen molar-refractivity contribution in [2.45, 2.75) is 26.7 Å². The Hall–Kier alpha value is -1.16. The van der Waals surface area contributed by atoms with Crippen molar-refractivity contribution >= 4 is 5.82 Å². The van der Waals surface area contributed by atoms with Crippen molar-refractivity contribution in [3.63, 3.8) is 0 Å². The fourth-order valence-electron chi connectivity index (χ4n) is 1.25. The van der Waals surface area contributed by atoms with Gasteiger partial charge in [0.2, 0.25) is 0 Å². The molecule has 0 saturated heterocycles. The van der Waals surface area contributed by atoms with Crippen LogP contribution in [0, 0.1) is 12.8 Å². The topological polar surface area (TPSA) is 58.0 Å². The van der Waals surface area contributed by atoms with E-state index in [0.717, 1.165) is 30.9 Å². The van der Waals surface area contributed by atoms with E-state index < -0.39 is 0 Å². The van der Waals surface area contributed by atoms with Crippen LogP contribution in [0.25, 0.3) is 0 Å². The molecular weight excluding hydrogens is 190 g/mol. The molecule has 1 aromatic rings. The van der Waals surface area contributed by atoms with E-state index >= 15 is 0 Å². The van der Waals surface area contributed by atoms with E-state index in [1.165, 1.54) is 0 Å². The first-order chi connectivity index (χ1) is 7.22. The molecule has 0 saturated carbocycles. The van der Waals surface area contributed by atoms with Gasteiger partial charge in [-0.05, 0) is 37.8 Å². The van der Waals surface area contributed by atoms with E-state index in [0.29, 0.717) is 5.92 Å². The fraction of sp³-hybridized carbons (Fsp3) is 0.636. The van der Waals surface area contributed by atoms with Crippen molar-refractivity contribution in [2.24, 2.45) is 5.92 Å². The third-order valence-electron chi connectivity index (χ3n) is 2.29. The predicted molar refractivity (Wildman–Crippen MR) is 60.7 cm³/mol. The van der Waals surface area contributed by atoms with Gasteiger partial charge in [0.25, 0.3) is 0 Å². The number of aryl methyl sites for hydroxylation is 1. The van der Waals surface area contributed by atoms with E-state index in [1.807, 2.05) is 26.0 Å². The standard InChI is InChI=1S/C11H19N3O/c1-9(8-15)4-3-7-12-11-6-5-10(2)13-14-11/h5-6,9,15H,3-4,7-8H2,1-2H3,(H,12,14). The molecule has 0 fully saturated rings. The van der Waals surface area contributed by atoms with Gasteiger partial charge in [0, 0.05) is 13.2 Å². The SMILES string of the molecule is Cc1ccc(NCCCC(C)CO)nn1. The summed E-state index contributed by atoms with van der Waals surface area (Å²) in [7, 11) is 0. The summed E-state index contributed by atoms with van der Waals surface area (Å²) in [5, 5.41) is 20.0. The molecule has 0 bridgehead atoms. The summed E-state index contributed by atoms with van der Waals surface area (Å²) < 4.78 is 0. The van der Waals surface area contributed by atoms with Gasteiger partial charge in [-0.3, -0.25) is 0 Å². The Kier molecular flexibility index (Phi) is 5.04. The maximum atomic E-state index is 8.84. The monoisotopic (exact) mass is 209 g/mol. The minimum Gasteiger partial charge on any atom is -0.396 e. The summed E-state index contributed by atoms with van der Waals surface area (Å²) in [5.74, 6) is 1.20. The third-order valence-corrected chi connectivity index (χ3v) is 2.29. The highest BCUT2D eigenvalue weighted by Gasteiger charge is 1.99. The molecule has 84 valence electrons. The second-order valence-electron chi connectivity index (χ2n) is 3.92. The van der Waals surface area contributed by atoms with Gasteiger partial charge in [-0.2, -0.15) is 5.10 Å². The van der Waals surface area contributed by atoms with Gasteiger partial charge in [0.05, 0.1) is 5.69 Å². The van der Waals surface area contributed by atoms with Gasteiger partial charge in [0.1, 0.15) is 5.82 Å². The molecule has 0 aromatic carbocycles. The quantitative estimate of drug-likeness (QED) is 0.699. The second kappa shape index (κ2) is 6.35. The van der Waals surface area contributed by atoms with Crippen LogP contribution in [0.5, 0.6) is 0 Å². The highest BCUT2D eigenvalue weighted by molar-refractivity contribution is 5.32. The second-order valence-corrected chi connectivity index (χ2v) is 3.92. The third kappa shape index (κ3) is 4.74.